The number of aliphatic imine (C=N–C) groups is 1. The minimum atomic E-state index is -0.519. The standard InChI is InChI=1S/C2HN3O.ClH/c6-2-3-1-4-5-2;/h1H;1H. The van der Waals surface area contributed by atoms with Crippen molar-refractivity contribution < 1.29 is 4.79 Å². The van der Waals surface area contributed by atoms with Gasteiger partial charge in [-0.05, 0) is 0 Å². The van der Waals surface area contributed by atoms with Gasteiger partial charge in [0.1, 0.15) is 6.34 Å². The molecule has 38 valence electrons. The van der Waals surface area contributed by atoms with Crippen LogP contribution in [0.4, 0.5) is 4.79 Å². The summed E-state index contributed by atoms with van der Waals surface area (Å²) < 4.78 is 0. The van der Waals surface area contributed by atoms with E-state index in [-0.39, 0.29) is 12.4 Å². The second-order valence-electron chi connectivity index (χ2n) is 0.743. The van der Waals surface area contributed by atoms with Crippen molar-refractivity contribution in [3.8, 4) is 0 Å². The van der Waals surface area contributed by atoms with Gasteiger partial charge < -0.3 is 0 Å². The van der Waals surface area contributed by atoms with Crippen LogP contribution in [-0.2, 0) is 0 Å². The Hall–Kier alpha value is -0.770. The summed E-state index contributed by atoms with van der Waals surface area (Å²) in [5, 5.41) is 6.15. The number of carbonyl (C=O) groups excluding carboxylic acids is 1. The third-order valence-electron chi connectivity index (χ3n) is 0.363. The van der Waals surface area contributed by atoms with Gasteiger partial charge in [0.15, 0.2) is 0 Å². The summed E-state index contributed by atoms with van der Waals surface area (Å²) in [6.07, 6.45) is 1.11. The van der Waals surface area contributed by atoms with E-state index < -0.39 is 6.03 Å². The lowest BCUT2D eigenvalue weighted by Gasteiger charge is -1.58. The van der Waals surface area contributed by atoms with Gasteiger partial charge in [-0.1, -0.05) is 5.11 Å². The molecule has 0 aromatic heterocycles. The Morgan fingerprint density at radius 2 is 2.29 bits per heavy atom. The number of carbonyl (C=O) groups is 1. The first kappa shape index (κ1) is 6.23. The fraction of sp³-hybridized carbons (Fsp3) is 0. The Kier molecular flexibility index (Phi) is 2.15. The molecule has 0 bridgehead atoms. The molecule has 0 radical (unpaired) electrons. The normalized spacial score (nSPS) is 14.6. The number of rotatable bonds is 0. The molecular weight excluding hydrogens is 117 g/mol. The highest BCUT2D eigenvalue weighted by Gasteiger charge is 1.93. The number of hydrogen-bond donors (Lipinski definition) is 0. The quantitative estimate of drug-likeness (QED) is 0.470. The lowest BCUT2D eigenvalue weighted by Crippen LogP contribution is -1.70. The van der Waals surface area contributed by atoms with Gasteiger partial charge in [0, 0.05) is 0 Å². The van der Waals surface area contributed by atoms with Crippen LogP contribution in [0.1, 0.15) is 0 Å². The molecule has 5 heteroatoms. The van der Waals surface area contributed by atoms with E-state index in [4.69, 9.17) is 0 Å². The molecule has 0 unspecified atom stereocenters. The molecule has 0 fully saturated rings. The van der Waals surface area contributed by atoms with Crippen LogP contribution in [0, 0.1) is 0 Å². The first-order valence-corrected chi connectivity index (χ1v) is 1.37. The molecule has 7 heavy (non-hydrogen) atoms. The molecule has 0 aromatic rings. The Morgan fingerprint density at radius 3 is 2.43 bits per heavy atom. The number of halogens is 1. The summed E-state index contributed by atoms with van der Waals surface area (Å²) in [5.41, 5.74) is 0. The number of hydrogen-bond acceptors (Lipinski definition) is 2. The first-order chi connectivity index (χ1) is 2.89. The number of amides is 2. The van der Waals surface area contributed by atoms with Gasteiger partial charge in [0.2, 0.25) is 0 Å². The van der Waals surface area contributed by atoms with E-state index in [0.717, 1.165) is 6.34 Å². The summed E-state index contributed by atoms with van der Waals surface area (Å²) in [6, 6.07) is -0.519. The van der Waals surface area contributed by atoms with Crippen molar-refractivity contribution in [1.29, 1.82) is 0 Å². The van der Waals surface area contributed by atoms with E-state index in [1.165, 1.54) is 0 Å². The monoisotopic (exact) mass is 119 g/mol. The van der Waals surface area contributed by atoms with Crippen molar-refractivity contribution in [3.05, 3.63) is 0 Å². The van der Waals surface area contributed by atoms with Gasteiger partial charge in [0.25, 0.3) is 0 Å². The maximum absolute atomic E-state index is 9.78. The average Bonchev–Trinajstić information content (AvgIpc) is 1.86. The highest BCUT2D eigenvalue weighted by molar-refractivity contribution is 5.87. The molecule has 0 saturated heterocycles. The van der Waals surface area contributed by atoms with Crippen LogP contribution in [0.5, 0.6) is 0 Å². The van der Waals surface area contributed by atoms with Crippen LogP contribution in [0.2, 0.25) is 0 Å². The van der Waals surface area contributed by atoms with Gasteiger partial charge in [-0.15, -0.1) is 17.5 Å². The topological polar surface area (TPSA) is 54.1 Å². The molecule has 1 heterocycles. The summed E-state index contributed by atoms with van der Waals surface area (Å²) in [6.45, 7) is 0. The lowest BCUT2D eigenvalue weighted by molar-refractivity contribution is 0.257. The smallest absolute Gasteiger partial charge is 0.242 e. The van der Waals surface area contributed by atoms with Crippen molar-refractivity contribution in [3.63, 3.8) is 0 Å². The van der Waals surface area contributed by atoms with E-state index in [2.05, 4.69) is 15.2 Å². The highest BCUT2D eigenvalue weighted by atomic mass is 35.5. The average molecular weight is 120 g/mol. The molecule has 0 spiro atoms. The highest BCUT2D eigenvalue weighted by Crippen LogP contribution is 1.87. The predicted octanol–water partition coefficient (Wildman–Crippen LogP) is 1.02. The molecule has 0 aliphatic carbocycles. The van der Waals surface area contributed by atoms with Gasteiger partial charge in [0.05, 0.1) is 0 Å². The molecule has 1 aliphatic rings. The Balaban J connectivity index is 0.000000360. The van der Waals surface area contributed by atoms with Crippen molar-refractivity contribution >= 4 is 24.8 Å². The number of azo groups is 1. The Bertz CT molecular complexity index is 115. The van der Waals surface area contributed by atoms with Crippen molar-refractivity contribution in [2.45, 2.75) is 0 Å². The summed E-state index contributed by atoms with van der Waals surface area (Å²) in [5.74, 6) is 0. The fourth-order valence-electron chi connectivity index (χ4n) is 0.176. The second-order valence-corrected chi connectivity index (χ2v) is 0.743. The van der Waals surface area contributed by atoms with Crippen LogP contribution in [0.3, 0.4) is 0 Å². The van der Waals surface area contributed by atoms with Gasteiger partial charge in [-0.2, -0.15) is 4.99 Å². The minimum Gasteiger partial charge on any atom is -0.242 e. The molecular formula is C2H2ClN3O. The molecule has 0 N–H and O–H groups in total. The third-order valence-corrected chi connectivity index (χ3v) is 0.363. The molecule has 1 rings (SSSR count). The summed E-state index contributed by atoms with van der Waals surface area (Å²) in [7, 11) is 0. The van der Waals surface area contributed by atoms with Crippen LogP contribution < -0.4 is 0 Å². The largest absolute Gasteiger partial charge is 0.387 e. The first-order valence-electron chi connectivity index (χ1n) is 1.37. The van der Waals surface area contributed by atoms with Gasteiger partial charge >= 0.3 is 6.03 Å². The van der Waals surface area contributed by atoms with Crippen LogP contribution in [0.15, 0.2) is 15.2 Å². The van der Waals surface area contributed by atoms with E-state index in [1.54, 1.807) is 0 Å². The second kappa shape index (κ2) is 2.41. The fourth-order valence-corrected chi connectivity index (χ4v) is 0.176. The summed E-state index contributed by atoms with van der Waals surface area (Å²) in [4.78, 5) is 12.9. The molecule has 0 atom stereocenters. The third kappa shape index (κ3) is 1.41. The van der Waals surface area contributed by atoms with E-state index in [0.29, 0.717) is 0 Å². The SMILES string of the molecule is Cl.O=C1N=CN=N1. The maximum atomic E-state index is 9.78. The molecule has 0 saturated carbocycles. The van der Waals surface area contributed by atoms with E-state index in [1.807, 2.05) is 0 Å². The van der Waals surface area contributed by atoms with Crippen LogP contribution >= 0.6 is 12.4 Å². The Labute approximate surface area is 45.8 Å². The van der Waals surface area contributed by atoms with Crippen molar-refractivity contribution in [1.82, 2.24) is 0 Å². The molecule has 0 aromatic carbocycles. The van der Waals surface area contributed by atoms with Gasteiger partial charge in [-0.25, -0.2) is 4.79 Å². The molecule has 2 amide bonds. The van der Waals surface area contributed by atoms with Crippen molar-refractivity contribution in [2.24, 2.45) is 15.2 Å². The maximum Gasteiger partial charge on any atom is 0.387 e. The minimum absolute atomic E-state index is 0. The number of nitrogens with zero attached hydrogens (tertiary/aromatic N) is 3. The number of urea groups is 1. The predicted molar refractivity (Wildman–Crippen MR) is 26.0 cm³/mol. The molecule has 1 aliphatic heterocycles. The van der Waals surface area contributed by atoms with E-state index >= 15 is 0 Å². The van der Waals surface area contributed by atoms with E-state index in [9.17, 15) is 4.79 Å². The Morgan fingerprint density at radius 1 is 1.57 bits per heavy atom. The lowest BCUT2D eigenvalue weighted by atomic mass is 11.1. The van der Waals surface area contributed by atoms with Gasteiger partial charge in [-0.3, -0.25) is 0 Å². The zero-order valence-electron chi connectivity index (χ0n) is 3.24. The summed E-state index contributed by atoms with van der Waals surface area (Å²) >= 11 is 0. The zero-order chi connectivity index (χ0) is 4.41. The zero-order valence-corrected chi connectivity index (χ0v) is 4.05. The van der Waals surface area contributed by atoms with Crippen LogP contribution in [-0.4, -0.2) is 12.4 Å². The van der Waals surface area contributed by atoms with Crippen LogP contribution in [0.25, 0.3) is 0 Å². The molecule has 4 nitrogen and oxygen atoms in total. The van der Waals surface area contributed by atoms with Crippen molar-refractivity contribution in [2.75, 3.05) is 0 Å².